The van der Waals surface area contributed by atoms with Crippen LogP contribution in [0, 0.1) is 0 Å². The van der Waals surface area contributed by atoms with E-state index in [4.69, 9.17) is 4.74 Å². The number of carbonyl (C=O) groups excluding carboxylic acids is 1. The number of hydrogen-bond donors (Lipinski definition) is 1. The second-order valence-corrected chi connectivity index (χ2v) is 6.26. The molecule has 0 unspecified atom stereocenters. The monoisotopic (exact) mass is 346 g/mol. The van der Waals surface area contributed by atoms with E-state index < -0.39 is 0 Å². The lowest BCUT2D eigenvalue weighted by molar-refractivity contribution is 0.0955. The fraction of sp³-hybridized carbons (Fsp3) is 0.174. The summed E-state index contributed by atoms with van der Waals surface area (Å²) in [7, 11) is 1.65. The third-order valence-electron chi connectivity index (χ3n) is 4.53. The molecule has 0 saturated heterocycles. The van der Waals surface area contributed by atoms with Crippen molar-refractivity contribution in [1.82, 2.24) is 0 Å². The molecule has 1 atom stereocenters. The van der Waals surface area contributed by atoms with E-state index in [1.165, 1.54) is 0 Å². The van der Waals surface area contributed by atoms with Crippen LogP contribution in [0.4, 0.5) is 0 Å². The van der Waals surface area contributed by atoms with Gasteiger partial charge in [-0.25, -0.2) is 0 Å². The van der Waals surface area contributed by atoms with Crippen LogP contribution < -0.4 is 4.74 Å². The van der Waals surface area contributed by atoms with Crippen LogP contribution >= 0.6 is 0 Å². The van der Waals surface area contributed by atoms with Crippen LogP contribution in [-0.4, -0.2) is 18.0 Å². The number of phenols is 1. The van der Waals surface area contributed by atoms with Gasteiger partial charge in [0.1, 0.15) is 11.5 Å². The predicted molar refractivity (Wildman–Crippen MR) is 103 cm³/mol. The lowest BCUT2D eigenvalue weighted by Gasteiger charge is -2.17. The van der Waals surface area contributed by atoms with Gasteiger partial charge in [-0.1, -0.05) is 42.5 Å². The molecule has 0 amide bonds. The van der Waals surface area contributed by atoms with Gasteiger partial charge in [0.15, 0.2) is 5.78 Å². The van der Waals surface area contributed by atoms with E-state index in [1.807, 2.05) is 48.5 Å². The van der Waals surface area contributed by atoms with E-state index in [1.54, 1.807) is 31.4 Å². The molecule has 3 nitrogen and oxygen atoms in total. The molecule has 26 heavy (non-hydrogen) atoms. The van der Waals surface area contributed by atoms with Crippen molar-refractivity contribution in [2.75, 3.05) is 7.11 Å². The molecular weight excluding hydrogens is 324 g/mol. The van der Waals surface area contributed by atoms with Gasteiger partial charge in [-0.2, -0.15) is 0 Å². The first kappa shape index (κ1) is 17.7. The number of phenolic OH excluding ortho intramolecular Hbond substituents is 1. The van der Waals surface area contributed by atoms with E-state index in [-0.39, 0.29) is 17.5 Å². The zero-order valence-electron chi connectivity index (χ0n) is 14.8. The minimum atomic E-state index is -0.230. The number of rotatable bonds is 7. The van der Waals surface area contributed by atoms with Crippen molar-refractivity contribution in [2.24, 2.45) is 0 Å². The summed E-state index contributed by atoms with van der Waals surface area (Å²) in [5, 5.41) is 9.47. The van der Waals surface area contributed by atoms with Gasteiger partial charge in [0, 0.05) is 11.5 Å². The SMILES string of the molecule is COc1cccc(CC[C@@H](C(=O)c2ccc(O)cc2)c2ccccc2)c1. The van der Waals surface area contributed by atoms with Gasteiger partial charge in [-0.05, 0) is 60.4 Å². The molecular formula is C23H22O3. The number of ketones is 1. The Kier molecular flexibility index (Phi) is 5.69. The van der Waals surface area contributed by atoms with Crippen molar-refractivity contribution >= 4 is 5.78 Å². The highest BCUT2D eigenvalue weighted by molar-refractivity contribution is 6.01. The normalized spacial score (nSPS) is 11.7. The second-order valence-electron chi connectivity index (χ2n) is 6.26. The molecule has 132 valence electrons. The Morgan fingerprint density at radius 1 is 0.962 bits per heavy atom. The van der Waals surface area contributed by atoms with Gasteiger partial charge in [0.05, 0.1) is 7.11 Å². The molecule has 0 radical (unpaired) electrons. The van der Waals surface area contributed by atoms with Crippen LogP contribution in [0.25, 0.3) is 0 Å². The number of aryl methyl sites for hydroxylation is 1. The fourth-order valence-corrected chi connectivity index (χ4v) is 3.10. The number of benzene rings is 3. The molecule has 3 rings (SSSR count). The summed E-state index contributed by atoms with van der Waals surface area (Å²) < 4.78 is 5.28. The molecule has 0 aliphatic rings. The summed E-state index contributed by atoms with van der Waals surface area (Å²) in [5.74, 6) is 0.823. The Hall–Kier alpha value is -3.07. The summed E-state index contributed by atoms with van der Waals surface area (Å²) in [6.45, 7) is 0. The molecule has 0 aliphatic carbocycles. The third-order valence-corrected chi connectivity index (χ3v) is 4.53. The quantitative estimate of drug-likeness (QED) is 0.612. The maximum Gasteiger partial charge on any atom is 0.170 e. The Bertz CT molecular complexity index is 854. The topological polar surface area (TPSA) is 46.5 Å². The molecule has 0 heterocycles. The summed E-state index contributed by atoms with van der Waals surface area (Å²) in [5.41, 5.74) is 2.76. The smallest absolute Gasteiger partial charge is 0.170 e. The molecule has 1 N–H and O–H groups in total. The standard InChI is InChI=1S/C23H22O3/c1-26-21-9-5-6-17(16-21)10-15-22(18-7-3-2-4-8-18)23(25)19-11-13-20(24)14-12-19/h2-9,11-14,16,22,24H,10,15H2,1H3/t22-/m1/s1. The van der Waals surface area contributed by atoms with Crippen molar-refractivity contribution in [3.05, 3.63) is 95.6 Å². The highest BCUT2D eigenvalue weighted by Gasteiger charge is 2.22. The van der Waals surface area contributed by atoms with E-state index in [2.05, 4.69) is 6.07 Å². The summed E-state index contributed by atoms with van der Waals surface area (Å²) in [4.78, 5) is 13.1. The van der Waals surface area contributed by atoms with Crippen molar-refractivity contribution < 1.29 is 14.6 Å². The van der Waals surface area contributed by atoms with Crippen LogP contribution in [0.5, 0.6) is 11.5 Å². The van der Waals surface area contributed by atoms with Gasteiger partial charge in [-0.3, -0.25) is 4.79 Å². The fourth-order valence-electron chi connectivity index (χ4n) is 3.10. The van der Waals surface area contributed by atoms with Crippen LogP contribution in [0.2, 0.25) is 0 Å². The highest BCUT2D eigenvalue weighted by Crippen LogP contribution is 2.27. The Labute approximate surface area is 153 Å². The average Bonchev–Trinajstić information content (AvgIpc) is 2.69. The first-order chi connectivity index (χ1) is 12.7. The summed E-state index contributed by atoms with van der Waals surface area (Å²) in [6.07, 6.45) is 1.48. The number of carbonyl (C=O) groups is 1. The van der Waals surface area contributed by atoms with Crippen molar-refractivity contribution in [3.8, 4) is 11.5 Å². The van der Waals surface area contributed by atoms with Gasteiger partial charge < -0.3 is 9.84 Å². The van der Waals surface area contributed by atoms with Gasteiger partial charge >= 0.3 is 0 Å². The number of hydrogen-bond acceptors (Lipinski definition) is 3. The predicted octanol–water partition coefficient (Wildman–Crippen LogP) is 5.00. The molecule has 3 heteroatoms. The lowest BCUT2D eigenvalue weighted by Crippen LogP contribution is -2.14. The van der Waals surface area contributed by atoms with Crippen molar-refractivity contribution in [3.63, 3.8) is 0 Å². The lowest BCUT2D eigenvalue weighted by atomic mass is 9.86. The van der Waals surface area contributed by atoms with Crippen LogP contribution in [0.3, 0.4) is 0 Å². The van der Waals surface area contributed by atoms with Crippen molar-refractivity contribution in [1.29, 1.82) is 0 Å². The van der Waals surface area contributed by atoms with E-state index in [9.17, 15) is 9.90 Å². The zero-order chi connectivity index (χ0) is 18.4. The molecule has 3 aromatic carbocycles. The minimum Gasteiger partial charge on any atom is -0.508 e. The van der Waals surface area contributed by atoms with Crippen LogP contribution in [0.1, 0.15) is 33.8 Å². The number of Topliss-reactive ketones (excluding diaryl/α,β-unsaturated/α-hetero) is 1. The molecule has 0 aliphatic heterocycles. The van der Waals surface area contributed by atoms with E-state index in [0.29, 0.717) is 12.0 Å². The second kappa shape index (κ2) is 8.34. The summed E-state index contributed by atoms with van der Waals surface area (Å²) in [6, 6.07) is 24.3. The first-order valence-electron chi connectivity index (χ1n) is 8.68. The highest BCUT2D eigenvalue weighted by atomic mass is 16.5. The molecule has 0 spiro atoms. The Morgan fingerprint density at radius 3 is 2.38 bits per heavy atom. The van der Waals surface area contributed by atoms with Crippen LogP contribution in [0.15, 0.2) is 78.9 Å². The minimum absolute atomic E-state index is 0.0686. The molecule has 3 aromatic rings. The summed E-state index contributed by atoms with van der Waals surface area (Å²) >= 11 is 0. The van der Waals surface area contributed by atoms with Gasteiger partial charge in [0.25, 0.3) is 0 Å². The molecule has 0 aromatic heterocycles. The van der Waals surface area contributed by atoms with Gasteiger partial charge in [0.2, 0.25) is 0 Å². The maximum absolute atomic E-state index is 13.1. The Morgan fingerprint density at radius 2 is 1.69 bits per heavy atom. The van der Waals surface area contributed by atoms with Crippen molar-refractivity contribution in [2.45, 2.75) is 18.8 Å². The largest absolute Gasteiger partial charge is 0.508 e. The van der Waals surface area contributed by atoms with E-state index >= 15 is 0 Å². The number of ether oxygens (including phenoxy) is 1. The average molecular weight is 346 g/mol. The number of methoxy groups -OCH3 is 1. The van der Waals surface area contributed by atoms with Gasteiger partial charge in [-0.15, -0.1) is 0 Å². The van der Waals surface area contributed by atoms with Crippen LogP contribution in [-0.2, 0) is 6.42 Å². The van der Waals surface area contributed by atoms with E-state index in [0.717, 1.165) is 23.3 Å². The molecule has 0 fully saturated rings. The molecule has 0 bridgehead atoms. The molecule has 0 saturated carbocycles. The zero-order valence-corrected chi connectivity index (χ0v) is 14.8. The third kappa shape index (κ3) is 4.31. The number of aromatic hydroxyl groups is 1. The Balaban J connectivity index is 1.83. The first-order valence-corrected chi connectivity index (χ1v) is 8.68. The maximum atomic E-state index is 13.1.